The van der Waals surface area contributed by atoms with Crippen LogP contribution in [0.25, 0.3) is 22.2 Å². The SMILES string of the molecule is C=CCn1c(-c2ccc(OC)cc2C=O)c(C2CCCCC2)c2ccc(C(=O)OC)cc21.CS(C)=O. The Balaban J connectivity index is 0.000000840. The monoisotopic (exact) mass is 509 g/mol. The number of hydrogen-bond donors (Lipinski definition) is 0. The van der Waals surface area contributed by atoms with Crippen molar-refractivity contribution < 1.29 is 23.3 Å². The maximum absolute atomic E-state index is 12.2. The van der Waals surface area contributed by atoms with Gasteiger partial charge >= 0.3 is 5.97 Å². The summed E-state index contributed by atoms with van der Waals surface area (Å²) in [4.78, 5) is 24.3. The first kappa shape index (κ1) is 27.4. The molecule has 2 aromatic carbocycles. The molecule has 6 nitrogen and oxygen atoms in total. The van der Waals surface area contributed by atoms with E-state index in [1.807, 2.05) is 36.4 Å². The lowest BCUT2D eigenvalue weighted by molar-refractivity contribution is 0.0600. The van der Waals surface area contributed by atoms with Gasteiger partial charge in [-0.1, -0.05) is 31.4 Å². The van der Waals surface area contributed by atoms with Crippen LogP contribution in [-0.2, 0) is 22.1 Å². The summed E-state index contributed by atoms with van der Waals surface area (Å²) in [5, 5.41) is 1.12. The van der Waals surface area contributed by atoms with Gasteiger partial charge in [0.25, 0.3) is 0 Å². The van der Waals surface area contributed by atoms with Crippen molar-refractivity contribution in [2.45, 2.75) is 44.6 Å². The van der Waals surface area contributed by atoms with Crippen LogP contribution in [0.2, 0.25) is 0 Å². The Labute approximate surface area is 215 Å². The largest absolute Gasteiger partial charge is 0.497 e. The number of ether oxygens (including phenoxy) is 2. The fourth-order valence-corrected chi connectivity index (χ4v) is 5.02. The third-order valence-corrected chi connectivity index (χ3v) is 6.49. The molecule has 1 heterocycles. The van der Waals surface area contributed by atoms with Gasteiger partial charge in [-0.15, -0.1) is 6.58 Å². The van der Waals surface area contributed by atoms with Crippen molar-refractivity contribution in [3.63, 3.8) is 0 Å². The molecule has 1 saturated carbocycles. The van der Waals surface area contributed by atoms with Crippen LogP contribution in [0, 0.1) is 0 Å². The number of rotatable bonds is 7. The van der Waals surface area contributed by atoms with Gasteiger partial charge in [-0.2, -0.15) is 0 Å². The van der Waals surface area contributed by atoms with Crippen LogP contribution in [0.3, 0.4) is 0 Å². The Morgan fingerprint density at radius 2 is 1.81 bits per heavy atom. The number of carbonyl (C=O) groups excluding carboxylic acids is 2. The van der Waals surface area contributed by atoms with E-state index in [0.717, 1.165) is 41.3 Å². The number of aldehydes is 1. The second kappa shape index (κ2) is 12.7. The molecule has 7 heteroatoms. The van der Waals surface area contributed by atoms with Gasteiger partial charge in [-0.25, -0.2) is 4.79 Å². The average molecular weight is 510 g/mol. The smallest absolute Gasteiger partial charge is 0.337 e. The zero-order chi connectivity index (χ0) is 26.2. The van der Waals surface area contributed by atoms with E-state index in [-0.39, 0.29) is 5.97 Å². The molecular formula is C29H35NO5S. The van der Waals surface area contributed by atoms with Crippen LogP contribution in [0.15, 0.2) is 49.1 Å². The van der Waals surface area contributed by atoms with Crippen molar-refractivity contribution in [2.75, 3.05) is 26.7 Å². The highest BCUT2D eigenvalue weighted by atomic mass is 32.2. The van der Waals surface area contributed by atoms with E-state index in [4.69, 9.17) is 9.47 Å². The van der Waals surface area contributed by atoms with Crippen molar-refractivity contribution in [2.24, 2.45) is 0 Å². The highest BCUT2D eigenvalue weighted by Crippen LogP contribution is 2.45. The van der Waals surface area contributed by atoms with Crippen molar-refractivity contribution in [1.82, 2.24) is 4.57 Å². The predicted octanol–water partition coefficient (Wildman–Crippen LogP) is 6.14. The highest BCUT2D eigenvalue weighted by molar-refractivity contribution is 7.83. The first-order valence-corrected chi connectivity index (χ1v) is 14.1. The Kier molecular flexibility index (Phi) is 9.65. The number of esters is 1. The number of allylic oxidation sites excluding steroid dienone is 1. The molecule has 0 bridgehead atoms. The molecule has 0 atom stereocenters. The van der Waals surface area contributed by atoms with Crippen LogP contribution in [-0.4, -0.2) is 47.8 Å². The van der Waals surface area contributed by atoms with E-state index in [0.29, 0.717) is 29.3 Å². The maximum atomic E-state index is 12.2. The van der Waals surface area contributed by atoms with Crippen molar-refractivity contribution in [3.8, 4) is 17.0 Å². The third kappa shape index (κ3) is 5.95. The molecule has 3 aromatic rings. The predicted molar refractivity (Wildman–Crippen MR) is 147 cm³/mol. The summed E-state index contributed by atoms with van der Waals surface area (Å²) in [7, 11) is 2.38. The molecule has 1 aliphatic carbocycles. The fraction of sp³-hybridized carbons (Fsp3) is 0.379. The van der Waals surface area contributed by atoms with Crippen LogP contribution in [0.4, 0.5) is 0 Å². The third-order valence-electron chi connectivity index (χ3n) is 6.49. The fourth-order valence-electron chi connectivity index (χ4n) is 5.02. The molecule has 1 fully saturated rings. The molecule has 0 aliphatic heterocycles. The second-order valence-corrected chi connectivity index (χ2v) is 10.5. The lowest BCUT2D eigenvalue weighted by Gasteiger charge is -2.24. The lowest BCUT2D eigenvalue weighted by Crippen LogP contribution is -2.08. The van der Waals surface area contributed by atoms with E-state index >= 15 is 0 Å². The minimum Gasteiger partial charge on any atom is -0.497 e. The number of carbonyl (C=O) groups is 2. The van der Waals surface area contributed by atoms with Crippen LogP contribution >= 0.6 is 0 Å². The first-order valence-electron chi connectivity index (χ1n) is 12.1. The summed E-state index contributed by atoms with van der Waals surface area (Å²) in [6.07, 6.45) is 11.9. The molecule has 0 N–H and O–H groups in total. The highest BCUT2D eigenvalue weighted by Gasteiger charge is 2.28. The van der Waals surface area contributed by atoms with Crippen molar-refractivity contribution >= 4 is 34.0 Å². The van der Waals surface area contributed by atoms with Crippen molar-refractivity contribution in [1.29, 1.82) is 0 Å². The van der Waals surface area contributed by atoms with Crippen molar-refractivity contribution in [3.05, 3.63) is 65.7 Å². The van der Waals surface area contributed by atoms with Gasteiger partial charge in [0.05, 0.1) is 25.5 Å². The van der Waals surface area contributed by atoms with Gasteiger partial charge in [-0.05, 0) is 54.7 Å². The number of fused-ring (bicyclic) bond motifs is 1. The van der Waals surface area contributed by atoms with Gasteiger partial charge in [-0.3, -0.25) is 9.00 Å². The van der Waals surface area contributed by atoms with E-state index in [2.05, 4.69) is 11.1 Å². The molecule has 0 spiro atoms. The molecule has 192 valence electrons. The molecule has 4 rings (SSSR count). The quantitative estimate of drug-likeness (QED) is 0.217. The van der Waals surface area contributed by atoms with Gasteiger partial charge in [0, 0.05) is 51.9 Å². The molecule has 1 aromatic heterocycles. The summed E-state index contributed by atoms with van der Waals surface area (Å²) >= 11 is 0. The van der Waals surface area contributed by atoms with E-state index in [1.165, 1.54) is 31.9 Å². The van der Waals surface area contributed by atoms with Gasteiger partial charge in [0.1, 0.15) is 5.75 Å². The summed E-state index contributed by atoms with van der Waals surface area (Å²) in [6, 6.07) is 11.4. The number of benzene rings is 2. The zero-order valence-corrected chi connectivity index (χ0v) is 22.4. The standard InChI is InChI=1S/C27H29NO4.C2H6OS/c1-4-14-28-24-16-19(27(30)32-3)10-12-23(24)25(18-8-6-5-7-9-18)26(28)22-13-11-21(31-2)15-20(22)17-29;1-4(2)3/h4,10-13,15-18H,1,5-9,14H2,2-3H3;1-2H3. The Hall–Kier alpha value is -3.19. The second-order valence-electron chi connectivity index (χ2n) is 9.03. The number of methoxy groups -OCH3 is 2. The summed E-state index contributed by atoms with van der Waals surface area (Å²) < 4.78 is 22.0. The topological polar surface area (TPSA) is 74.6 Å². The minimum absolute atomic E-state index is 0.364. The number of aromatic nitrogens is 1. The molecule has 0 amide bonds. The van der Waals surface area contributed by atoms with Gasteiger partial charge in [0.2, 0.25) is 0 Å². The maximum Gasteiger partial charge on any atom is 0.337 e. The Bertz CT molecular complexity index is 1270. The van der Waals surface area contributed by atoms with Gasteiger partial charge < -0.3 is 14.0 Å². The minimum atomic E-state index is -0.611. The average Bonchev–Trinajstić information content (AvgIpc) is 3.21. The molecule has 0 radical (unpaired) electrons. The normalized spacial score (nSPS) is 13.7. The summed E-state index contributed by atoms with van der Waals surface area (Å²) in [5.74, 6) is 0.685. The Morgan fingerprint density at radius 3 is 2.39 bits per heavy atom. The van der Waals surface area contributed by atoms with E-state index in [1.54, 1.807) is 25.7 Å². The molecular weight excluding hydrogens is 474 g/mol. The lowest BCUT2D eigenvalue weighted by atomic mass is 9.81. The summed E-state index contributed by atoms with van der Waals surface area (Å²) in [5.41, 5.74) is 5.21. The molecule has 0 unspecified atom stereocenters. The van der Waals surface area contributed by atoms with Crippen LogP contribution < -0.4 is 4.74 Å². The number of nitrogens with zero attached hydrogens (tertiary/aromatic N) is 1. The van der Waals surface area contributed by atoms with Crippen LogP contribution in [0.5, 0.6) is 5.75 Å². The number of hydrogen-bond acceptors (Lipinski definition) is 5. The first-order chi connectivity index (χ1) is 17.4. The summed E-state index contributed by atoms with van der Waals surface area (Å²) in [6.45, 7) is 4.52. The van der Waals surface area contributed by atoms with Crippen LogP contribution in [0.1, 0.15) is 64.3 Å². The Morgan fingerprint density at radius 1 is 1.11 bits per heavy atom. The van der Waals surface area contributed by atoms with Gasteiger partial charge in [0.15, 0.2) is 6.29 Å². The van der Waals surface area contributed by atoms with E-state index < -0.39 is 10.8 Å². The molecule has 1 aliphatic rings. The van der Waals surface area contributed by atoms with E-state index in [9.17, 15) is 13.8 Å². The zero-order valence-electron chi connectivity index (χ0n) is 21.5. The molecule has 36 heavy (non-hydrogen) atoms. The molecule has 0 saturated heterocycles.